The summed E-state index contributed by atoms with van der Waals surface area (Å²) in [7, 11) is 1.84. The van der Waals surface area contributed by atoms with E-state index in [4.69, 9.17) is 8.83 Å². The fourth-order valence-corrected chi connectivity index (χ4v) is 2.34. The van der Waals surface area contributed by atoms with Crippen LogP contribution in [-0.2, 0) is 6.42 Å². The van der Waals surface area contributed by atoms with Crippen LogP contribution in [-0.4, -0.2) is 7.05 Å². The van der Waals surface area contributed by atoms with E-state index in [2.05, 4.69) is 5.32 Å². The molecule has 0 saturated carbocycles. The molecule has 4 heteroatoms. The van der Waals surface area contributed by atoms with Crippen molar-refractivity contribution in [1.29, 1.82) is 0 Å². The van der Waals surface area contributed by atoms with E-state index in [-0.39, 0.29) is 11.9 Å². The van der Waals surface area contributed by atoms with E-state index in [1.165, 1.54) is 12.1 Å². The van der Waals surface area contributed by atoms with Crippen LogP contribution >= 0.6 is 0 Å². The molecule has 0 saturated heterocycles. The van der Waals surface area contributed by atoms with Crippen molar-refractivity contribution < 1.29 is 13.2 Å². The topological polar surface area (TPSA) is 38.3 Å². The minimum absolute atomic E-state index is 0.175. The van der Waals surface area contributed by atoms with Gasteiger partial charge in [-0.25, -0.2) is 4.39 Å². The first-order valence-electron chi connectivity index (χ1n) is 6.66. The number of hydrogen-bond donors (Lipinski definition) is 1. The molecular weight excluding hydrogens is 257 g/mol. The van der Waals surface area contributed by atoms with Gasteiger partial charge >= 0.3 is 0 Å². The molecule has 0 spiro atoms. The van der Waals surface area contributed by atoms with Crippen LogP contribution in [0.2, 0.25) is 0 Å². The monoisotopic (exact) mass is 273 g/mol. The summed E-state index contributed by atoms with van der Waals surface area (Å²) in [5.74, 6) is 2.17. The van der Waals surface area contributed by atoms with Gasteiger partial charge in [-0.2, -0.15) is 0 Å². The number of hydrogen-bond acceptors (Lipinski definition) is 3. The van der Waals surface area contributed by atoms with Gasteiger partial charge in [-0.3, -0.25) is 0 Å². The van der Waals surface area contributed by atoms with Crippen molar-refractivity contribution in [2.45, 2.75) is 19.4 Å². The molecule has 0 aliphatic rings. The Kier molecular flexibility index (Phi) is 3.32. The van der Waals surface area contributed by atoms with Crippen molar-refractivity contribution >= 4 is 11.0 Å². The Hall–Kier alpha value is -2.07. The lowest BCUT2D eigenvalue weighted by Gasteiger charge is -2.10. The minimum atomic E-state index is -0.267. The molecule has 0 aliphatic heterocycles. The Labute approximate surface area is 116 Å². The zero-order chi connectivity index (χ0) is 14.1. The first-order valence-corrected chi connectivity index (χ1v) is 6.66. The van der Waals surface area contributed by atoms with Crippen LogP contribution in [0.5, 0.6) is 0 Å². The van der Waals surface area contributed by atoms with Gasteiger partial charge in [0.1, 0.15) is 34.7 Å². The summed E-state index contributed by atoms with van der Waals surface area (Å²) in [4.78, 5) is 0. The van der Waals surface area contributed by atoms with E-state index in [9.17, 15) is 4.39 Å². The summed E-state index contributed by atoms with van der Waals surface area (Å²) in [6, 6.07) is 10.1. The van der Waals surface area contributed by atoms with Crippen molar-refractivity contribution in [2.75, 3.05) is 7.05 Å². The van der Waals surface area contributed by atoms with Crippen molar-refractivity contribution in [3.63, 3.8) is 0 Å². The van der Waals surface area contributed by atoms with Gasteiger partial charge in [0.15, 0.2) is 0 Å². The molecular formula is C16H16FNO2. The minimum Gasteiger partial charge on any atom is -0.464 e. The molecule has 2 heterocycles. The third-order valence-corrected chi connectivity index (χ3v) is 3.39. The second-order valence-corrected chi connectivity index (χ2v) is 4.71. The van der Waals surface area contributed by atoms with Gasteiger partial charge in [0.05, 0.1) is 0 Å². The fourth-order valence-electron chi connectivity index (χ4n) is 2.34. The summed E-state index contributed by atoms with van der Waals surface area (Å²) in [5.41, 5.74) is 0.670. The van der Waals surface area contributed by atoms with Crippen LogP contribution in [0.4, 0.5) is 4.39 Å². The zero-order valence-electron chi connectivity index (χ0n) is 11.4. The maximum atomic E-state index is 13.2. The van der Waals surface area contributed by atoms with Crippen LogP contribution in [0.15, 0.2) is 45.2 Å². The average molecular weight is 273 g/mol. The van der Waals surface area contributed by atoms with Crippen LogP contribution < -0.4 is 5.32 Å². The predicted octanol–water partition coefficient (Wildman–Crippen LogP) is 4.04. The van der Waals surface area contributed by atoms with Gasteiger partial charge in [-0.05, 0) is 43.4 Å². The van der Waals surface area contributed by atoms with E-state index >= 15 is 0 Å². The van der Waals surface area contributed by atoms with Gasteiger partial charge in [0.25, 0.3) is 0 Å². The van der Waals surface area contributed by atoms with E-state index in [1.54, 1.807) is 6.07 Å². The molecule has 1 N–H and O–H groups in total. The third kappa shape index (κ3) is 2.23. The molecule has 20 heavy (non-hydrogen) atoms. The molecule has 1 unspecified atom stereocenters. The maximum absolute atomic E-state index is 13.2. The van der Waals surface area contributed by atoms with Gasteiger partial charge in [-0.1, -0.05) is 6.92 Å². The lowest BCUT2D eigenvalue weighted by atomic mass is 10.1. The molecule has 0 bridgehead atoms. The zero-order valence-corrected chi connectivity index (χ0v) is 11.4. The standard InChI is InChI=1S/C16H16FNO2/c1-3-12-5-7-14(19-12)16(18-2)15-9-10-8-11(17)4-6-13(10)20-15/h4-9,16,18H,3H2,1-2H3. The molecule has 3 nitrogen and oxygen atoms in total. The Morgan fingerprint density at radius 2 is 1.95 bits per heavy atom. The van der Waals surface area contributed by atoms with Gasteiger partial charge < -0.3 is 14.2 Å². The normalized spacial score (nSPS) is 12.9. The van der Waals surface area contributed by atoms with E-state index in [1.807, 2.05) is 32.2 Å². The maximum Gasteiger partial charge on any atom is 0.134 e. The van der Waals surface area contributed by atoms with Crippen molar-refractivity contribution in [1.82, 2.24) is 5.32 Å². The van der Waals surface area contributed by atoms with Crippen LogP contribution in [0, 0.1) is 5.82 Å². The first kappa shape index (κ1) is 12.9. The summed E-state index contributed by atoms with van der Waals surface area (Å²) in [6.45, 7) is 2.04. The van der Waals surface area contributed by atoms with E-state index < -0.39 is 0 Å². The molecule has 0 amide bonds. The fraction of sp³-hybridized carbons (Fsp3) is 0.250. The van der Waals surface area contributed by atoms with Crippen LogP contribution in [0.1, 0.15) is 30.2 Å². The molecule has 0 radical (unpaired) electrons. The summed E-state index contributed by atoms with van der Waals surface area (Å²) >= 11 is 0. The highest BCUT2D eigenvalue weighted by atomic mass is 19.1. The molecule has 2 aromatic heterocycles. The first-order chi connectivity index (χ1) is 9.71. The molecule has 1 atom stereocenters. The van der Waals surface area contributed by atoms with Crippen molar-refractivity contribution in [2.24, 2.45) is 0 Å². The molecule has 104 valence electrons. The van der Waals surface area contributed by atoms with Gasteiger partial charge in [0, 0.05) is 11.8 Å². The quantitative estimate of drug-likeness (QED) is 0.779. The average Bonchev–Trinajstić information content (AvgIpc) is 3.06. The Bertz CT molecular complexity index is 729. The number of rotatable bonds is 4. The Balaban J connectivity index is 2.02. The van der Waals surface area contributed by atoms with Crippen molar-refractivity contribution in [3.05, 3.63) is 59.5 Å². The second-order valence-electron chi connectivity index (χ2n) is 4.71. The number of nitrogens with one attached hydrogen (secondary N) is 1. The highest BCUT2D eigenvalue weighted by molar-refractivity contribution is 5.78. The largest absolute Gasteiger partial charge is 0.464 e. The summed E-state index contributed by atoms with van der Waals surface area (Å²) in [5, 5.41) is 3.92. The lowest BCUT2D eigenvalue weighted by molar-refractivity contribution is 0.398. The predicted molar refractivity (Wildman–Crippen MR) is 75.2 cm³/mol. The summed E-state index contributed by atoms with van der Waals surface area (Å²) in [6.07, 6.45) is 0.849. The van der Waals surface area contributed by atoms with Crippen molar-refractivity contribution in [3.8, 4) is 0 Å². The second kappa shape index (κ2) is 5.13. The number of furan rings is 2. The Morgan fingerprint density at radius 3 is 2.65 bits per heavy atom. The SMILES string of the molecule is CCc1ccc(C(NC)c2cc3cc(F)ccc3o2)o1. The van der Waals surface area contributed by atoms with Crippen LogP contribution in [0.3, 0.4) is 0 Å². The molecule has 0 fully saturated rings. The molecule has 1 aromatic carbocycles. The molecule has 0 aliphatic carbocycles. The lowest BCUT2D eigenvalue weighted by Crippen LogP contribution is -2.16. The molecule has 3 rings (SSSR count). The van der Waals surface area contributed by atoms with Gasteiger partial charge in [0.2, 0.25) is 0 Å². The highest BCUT2D eigenvalue weighted by Crippen LogP contribution is 2.29. The van der Waals surface area contributed by atoms with Crippen LogP contribution in [0.25, 0.3) is 11.0 Å². The smallest absolute Gasteiger partial charge is 0.134 e. The highest BCUT2D eigenvalue weighted by Gasteiger charge is 2.20. The number of aryl methyl sites for hydroxylation is 1. The van der Waals surface area contributed by atoms with Gasteiger partial charge in [-0.15, -0.1) is 0 Å². The van der Waals surface area contributed by atoms with E-state index in [0.29, 0.717) is 11.3 Å². The number of halogens is 1. The third-order valence-electron chi connectivity index (χ3n) is 3.39. The molecule has 3 aromatic rings. The number of benzene rings is 1. The van der Waals surface area contributed by atoms with E-state index in [0.717, 1.165) is 23.3 Å². The Morgan fingerprint density at radius 1 is 1.10 bits per heavy atom. The summed E-state index contributed by atoms with van der Waals surface area (Å²) < 4.78 is 24.8. The number of fused-ring (bicyclic) bond motifs is 1.